The van der Waals surface area contributed by atoms with Crippen molar-refractivity contribution >= 4 is 16.7 Å². The summed E-state index contributed by atoms with van der Waals surface area (Å²) in [6.45, 7) is 5.50. The first-order valence-electron chi connectivity index (χ1n) is 10.7. The van der Waals surface area contributed by atoms with E-state index in [1.54, 1.807) is 0 Å². The highest BCUT2D eigenvalue weighted by molar-refractivity contribution is 5.94. The second-order valence-electron chi connectivity index (χ2n) is 8.27. The third-order valence-electron chi connectivity index (χ3n) is 5.70. The molecule has 1 aliphatic heterocycles. The Morgan fingerprint density at radius 3 is 2.87 bits per heavy atom. The molecular formula is C25H26N4O2. The van der Waals surface area contributed by atoms with Crippen molar-refractivity contribution in [2.75, 3.05) is 11.4 Å². The van der Waals surface area contributed by atoms with Crippen LogP contribution in [0.3, 0.4) is 0 Å². The van der Waals surface area contributed by atoms with Crippen LogP contribution in [0, 0.1) is 0 Å². The number of rotatable bonds is 4. The van der Waals surface area contributed by atoms with E-state index in [1.807, 2.05) is 62.5 Å². The fourth-order valence-corrected chi connectivity index (χ4v) is 4.21. The number of aromatic nitrogens is 3. The molecule has 4 aromatic rings. The van der Waals surface area contributed by atoms with Crippen LogP contribution in [0.1, 0.15) is 37.5 Å². The van der Waals surface area contributed by atoms with Gasteiger partial charge in [-0.05, 0) is 61.7 Å². The van der Waals surface area contributed by atoms with E-state index in [4.69, 9.17) is 4.74 Å². The van der Waals surface area contributed by atoms with Gasteiger partial charge in [0.25, 0.3) is 0 Å². The average Bonchev–Trinajstić information content (AvgIpc) is 3.11. The van der Waals surface area contributed by atoms with Gasteiger partial charge in [-0.15, -0.1) is 0 Å². The molecule has 0 radical (unpaired) electrons. The lowest BCUT2D eigenvalue weighted by atomic mass is 10.0. The van der Waals surface area contributed by atoms with Gasteiger partial charge >= 0.3 is 0 Å². The predicted molar refractivity (Wildman–Crippen MR) is 122 cm³/mol. The molecule has 1 atom stereocenters. The summed E-state index contributed by atoms with van der Waals surface area (Å²) < 4.78 is 5.87. The maximum atomic E-state index is 10.5. The number of nitrogens with one attached hydrogen (secondary N) is 1. The smallest absolute Gasteiger partial charge is 0.129 e. The minimum absolute atomic E-state index is 0.113. The summed E-state index contributed by atoms with van der Waals surface area (Å²) in [5, 5.41) is 19.3. The molecule has 0 aliphatic carbocycles. The van der Waals surface area contributed by atoms with E-state index >= 15 is 0 Å². The molecule has 0 bridgehead atoms. The van der Waals surface area contributed by atoms with Gasteiger partial charge in [-0.1, -0.05) is 24.3 Å². The van der Waals surface area contributed by atoms with E-state index < -0.39 is 6.10 Å². The van der Waals surface area contributed by atoms with E-state index in [0.29, 0.717) is 6.42 Å². The number of hydrogen-bond donors (Lipinski definition) is 2. The second kappa shape index (κ2) is 8.04. The van der Waals surface area contributed by atoms with Gasteiger partial charge in [0.2, 0.25) is 0 Å². The van der Waals surface area contributed by atoms with Crippen molar-refractivity contribution in [1.29, 1.82) is 0 Å². The maximum Gasteiger partial charge on any atom is 0.129 e. The molecule has 31 heavy (non-hydrogen) atoms. The number of benzene rings is 2. The molecule has 5 rings (SSSR count). The van der Waals surface area contributed by atoms with Crippen LogP contribution in [0.5, 0.6) is 5.75 Å². The highest BCUT2D eigenvalue weighted by Gasteiger charge is 2.22. The van der Waals surface area contributed by atoms with Gasteiger partial charge in [0, 0.05) is 30.2 Å². The van der Waals surface area contributed by atoms with E-state index in [1.165, 1.54) is 0 Å². The van der Waals surface area contributed by atoms with E-state index in [-0.39, 0.29) is 6.10 Å². The molecule has 2 N–H and O–H groups in total. The molecular weight excluding hydrogens is 388 g/mol. The Morgan fingerprint density at radius 2 is 2.00 bits per heavy atom. The highest BCUT2D eigenvalue weighted by atomic mass is 16.5. The third-order valence-corrected chi connectivity index (χ3v) is 5.70. The first-order valence-corrected chi connectivity index (χ1v) is 10.7. The minimum Gasteiger partial charge on any atom is -0.491 e. The lowest BCUT2D eigenvalue weighted by Crippen LogP contribution is -2.23. The summed E-state index contributed by atoms with van der Waals surface area (Å²) in [5.41, 5.74) is 4.99. The number of nitrogens with zero attached hydrogens (tertiary/aromatic N) is 3. The first-order chi connectivity index (χ1) is 15.1. The lowest BCUT2D eigenvalue weighted by Gasteiger charge is -2.22. The zero-order valence-electron chi connectivity index (χ0n) is 17.7. The molecule has 0 saturated carbocycles. The Kier molecular flexibility index (Phi) is 5.08. The minimum atomic E-state index is -0.445. The van der Waals surface area contributed by atoms with Crippen LogP contribution in [-0.2, 0) is 6.54 Å². The summed E-state index contributed by atoms with van der Waals surface area (Å²) in [4.78, 5) is 6.85. The summed E-state index contributed by atoms with van der Waals surface area (Å²) in [7, 11) is 0. The Bertz CT molecular complexity index is 1220. The van der Waals surface area contributed by atoms with Crippen LogP contribution in [0.4, 0.5) is 5.82 Å². The van der Waals surface area contributed by atoms with Gasteiger partial charge in [0.05, 0.1) is 17.7 Å². The van der Waals surface area contributed by atoms with Gasteiger partial charge in [0.1, 0.15) is 17.3 Å². The Balaban J connectivity index is 1.50. The van der Waals surface area contributed by atoms with Gasteiger partial charge in [-0.3, -0.25) is 5.10 Å². The fourth-order valence-electron chi connectivity index (χ4n) is 4.21. The predicted octanol–water partition coefficient (Wildman–Crippen LogP) is 4.86. The molecule has 0 spiro atoms. The molecule has 0 amide bonds. The Morgan fingerprint density at radius 1 is 1.13 bits per heavy atom. The second-order valence-corrected chi connectivity index (χ2v) is 8.27. The Labute approximate surface area is 181 Å². The third kappa shape index (κ3) is 3.86. The lowest BCUT2D eigenvalue weighted by molar-refractivity contribution is 0.171. The summed E-state index contributed by atoms with van der Waals surface area (Å²) in [6.07, 6.45) is 2.16. The van der Waals surface area contributed by atoms with Crippen LogP contribution in [-0.4, -0.2) is 32.9 Å². The monoisotopic (exact) mass is 414 g/mol. The van der Waals surface area contributed by atoms with Crippen LogP contribution >= 0.6 is 0 Å². The molecule has 3 heterocycles. The summed E-state index contributed by atoms with van der Waals surface area (Å²) in [6, 6.07) is 18.1. The topological polar surface area (TPSA) is 74.3 Å². The zero-order chi connectivity index (χ0) is 21.4. The van der Waals surface area contributed by atoms with Crippen LogP contribution in [0.2, 0.25) is 0 Å². The van der Waals surface area contributed by atoms with E-state index in [9.17, 15) is 5.11 Å². The molecule has 0 fully saturated rings. The van der Waals surface area contributed by atoms with Gasteiger partial charge < -0.3 is 14.7 Å². The van der Waals surface area contributed by atoms with E-state index in [2.05, 4.69) is 32.2 Å². The Hall–Kier alpha value is -3.38. The van der Waals surface area contributed by atoms with Gasteiger partial charge in [-0.25, -0.2) is 4.98 Å². The van der Waals surface area contributed by atoms with Crippen molar-refractivity contribution in [1.82, 2.24) is 15.2 Å². The number of fused-ring (bicyclic) bond motifs is 2. The van der Waals surface area contributed by atoms with Crippen molar-refractivity contribution in [3.63, 3.8) is 0 Å². The number of pyridine rings is 1. The van der Waals surface area contributed by atoms with Crippen molar-refractivity contribution in [3.05, 3.63) is 71.9 Å². The number of H-pyrrole nitrogens is 1. The maximum absolute atomic E-state index is 10.5. The highest BCUT2D eigenvalue weighted by Crippen LogP contribution is 2.33. The SMILES string of the molecule is CC(C)Oc1ccc2[nH]nc(-c3ccnc(N4CCC(O)c5ccccc5C4)c3)c2c1. The van der Waals surface area contributed by atoms with Crippen molar-refractivity contribution in [2.24, 2.45) is 0 Å². The van der Waals surface area contributed by atoms with Crippen LogP contribution in [0.25, 0.3) is 22.2 Å². The van der Waals surface area contributed by atoms with Crippen molar-refractivity contribution in [2.45, 2.75) is 39.0 Å². The normalized spacial score (nSPS) is 16.4. The van der Waals surface area contributed by atoms with E-state index in [0.717, 1.165) is 57.9 Å². The van der Waals surface area contributed by atoms with Gasteiger partial charge in [0.15, 0.2) is 0 Å². The largest absolute Gasteiger partial charge is 0.491 e. The molecule has 1 unspecified atom stereocenters. The number of aliphatic hydroxyl groups excluding tert-OH is 1. The number of anilines is 1. The molecule has 0 saturated heterocycles. The number of ether oxygens (including phenoxy) is 1. The zero-order valence-corrected chi connectivity index (χ0v) is 17.7. The molecule has 1 aliphatic rings. The van der Waals surface area contributed by atoms with Gasteiger partial charge in [-0.2, -0.15) is 5.10 Å². The number of aliphatic hydroxyl groups is 1. The molecule has 2 aromatic heterocycles. The summed E-state index contributed by atoms with van der Waals surface area (Å²) >= 11 is 0. The standard InChI is InChI=1S/C25H26N4O2/c1-16(2)31-19-7-8-22-21(14-19)25(28-27-22)17-9-11-26-24(13-17)29-12-10-23(30)20-6-4-3-5-18(20)15-29/h3-9,11,13-14,16,23,30H,10,12,15H2,1-2H3,(H,27,28). The molecule has 158 valence electrons. The van der Waals surface area contributed by atoms with Crippen molar-refractivity contribution in [3.8, 4) is 17.0 Å². The first kappa shape index (κ1) is 19.6. The number of hydrogen-bond acceptors (Lipinski definition) is 5. The summed E-state index contributed by atoms with van der Waals surface area (Å²) in [5.74, 6) is 1.71. The quantitative estimate of drug-likeness (QED) is 0.499. The number of aromatic amines is 1. The van der Waals surface area contributed by atoms with Crippen LogP contribution < -0.4 is 9.64 Å². The molecule has 2 aromatic carbocycles. The van der Waals surface area contributed by atoms with Crippen molar-refractivity contribution < 1.29 is 9.84 Å². The molecule has 6 heteroatoms. The fraction of sp³-hybridized carbons (Fsp3) is 0.280. The molecule has 6 nitrogen and oxygen atoms in total. The average molecular weight is 415 g/mol. The van der Waals surface area contributed by atoms with Crippen LogP contribution in [0.15, 0.2) is 60.8 Å².